The maximum absolute atomic E-state index is 8.55. The SMILES string of the molecule is [2H]c1c([2H])c([2H])c(-c2cccc(-c3nc(-c4ccccc4)nc(-c4ccc5c(c4)oc4cccc(-n6c7ccccc7c7ccccc76)c45)n3)c2)c([2H])c1[2H]. The first kappa shape index (κ1) is 23.5. The molecule has 10 aromatic rings. The average molecular weight is 646 g/mol. The Kier molecular flexibility index (Phi) is 5.35. The average Bonchev–Trinajstić information content (AvgIpc) is 3.78. The Bertz CT molecular complexity index is 3090. The van der Waals surface area contributed by atoms with Crippen molar-refractivity contribution in [3.8, 4) is 51.0 Å². The third-order valence-electron chi connectivity index (χ3n) is 9.13. The zero-order valence-corrected chi connectivity index (χ0v) is 26.5. The van der Waals surface area contributed by atoms with Crippen LogP contribution < -0.4 is 0 Å². The molecule has 5 nitrogen and oxygen atoms in total. The summed E-state index contributed by atoms with van der Waals surface area (Å²) in [5.41, 5.74) is 7.40. The summed E-state index contributed by atoms with van der Waals surface area (Å²) in [7, 11) is 0. The number of hydrogen-bond donors (Lipinski definition) is 0. The number of hydrogen-bond acceptors (Lipinski definition) is 4. The van der Waals surface area contributed by atoms with Crippen LogP contribution in [0, 0.1) is 0 Å². The lowest BCUT2D eigenvalue weighted by Crippen LogP contribution is -2.00. The molecule has 0 unspecified atom stereocenters. The van der Waals surface area contributed by atoms with Gasteiger partial charge >= 0.3 is 0 Å². The summed E-state index contributed by atoms with van der Waals surface area (Å²) >= 11 is 0. The van der Waals surface area contributed by atoms with Crippen molar-refractivity contribution < 1.29 is 11.3 Å². The highest BCUT2D eigenvalue weighted by Crippen LogP contribution is 2.39. The second-order valence-electron chi connectivity index (χ2n) is 12.1. The van der Waals surface area contributed by atoms with Crippen LogP contribution in [-0.4, -0.2) is 19.5 Å². The highest BCUT2D eigenvalue weighted by atomic mass is 16.3. The lowest BCUT2D eigenvalue weighted by atomic mass is 10.0. The Hall–Kier alpha value is -6.85. The van der Waals surface area contributed by atoms with Gasteiger partial charge in [-0.15, -0.1) is 0 Å². The minimum Gasteiger partial charge on any atom is -0.456 e. The number of benzene rings is 7. The molecule has 0 saturated carbocycles. The Labute approximate surface area is 294 Å². The summed E-state index contributed by atoms with van der Waals surface area (Å²) in [5, 5.41) is 4.33. The molecule has 0 aliphatic heterocycles. The van der Waals surface area contributed by atoms with Crippen LogP contribution in [0.25, 0.3) is 94.7 Å². The standard InChI is InChI=1S/C45H28N4O/c1-3-13-29(14-4-1)31-17-11-18-32(27-31)44-46-43(30-15-5-2-6-16-30)47-45(48-44)33-25-26-36-41(28-33)50-40-24-12-23-39(42(36)40)49-37-21-9-7-19-34(37)35-20-8-10-22-38(35)49/h1-28H/i1D,3D,4D,13D,14D. The lowest BCUT2D eigenvalue weighted by molar-refractivity contribution is 0.669. The Morgan fingerprint density at radius 1 is 0.440 bits per heavy atom. The maximum atomic E-state index is 8.55. The fourth-order valence-corrected chi connectivity index (χ4v) is 6.87. The monoisotopic (exact) mass is 645 g/mol. The van der Waals surface area contributed by atoms with Crippen LogP contribution >= 0.6 is 0 Å². The van der Waals surface area contributed by atoms with Crippen molar-refractivity contribution in [1.29, 1.82) is 0 Å². The van der Waals surface area contributed by atoms with Crippen molar-refractivity contribution in [3.05, 3.63) is 170 Å². The van der Waals surface area contributed by atoms with Crippen LogP contribution in [-0.2, 0) is 0 Å². The molecule has 0 N–H and O–H groups in total. The highest BCUT2D eigenvalue weighted by molar-refractivity contribution is 6.14. The molecular weight excluding hydrogens is 613 g/mol. The molecule has 7 aromatic carbocycles. The van der Waals surface area contributed by atoms with E-state index in [0.717, 1.165) is 44.2 Å². The summed E-state index contributed by atoms with van der Waals surface area (Å²) in [6, 6.07) is 44.0. The summed E-state index contributed by atoms with van der Waals surface area (Å²) in [5.74, 6) is 1.27. The van der Waals surface area contributed by atoms with Gasteiger partial charge in [0.2, 0.25) is 0 Å². The van der Waals surface area contributed by atoms with Gasteiger partial charge in [-0.05, 0) is 53.6 Å². The van der Waals surface area contributed by atoms with Crippen molar-refractivity contribution in [2.75, 3.05) is 0 Å². The Morgan fingerprint density at radius 2 is 1.04 bits per heavy atom. The van der Waals surface area contributed by atoms with Crippen molar-refractivity contribution >= 4 is 43.7 Å². The second kappa shape index (κ2) is 11.4. The van der Waals surface area contributed by atoms with Gasteiger partial charge in [-0.3, -0.25) is 0 Å². The van der Waals surface area contributed by atoms with E-state index < -0.39 is 18.1 Å². The third kappa shape index (κ3) is 4.60. The molecular formula is C45H28N4O. The van der Waals surface area contributed by atoms with E-state index in [9.17, 15) is 0 Å². The number of furan rings is 1. The third-order valence-corrected chi connectivity index (χ3v) is 9.13. The zero-order valence-electron chi connectivity index (χ0n) is 31.5. The van der Waals surface area contributed by atoms with Crippen molar-refractivity contribution in [3.63, 3.8) is 0 Å². The van der Waals surface area contributed by atoms with E-state index in [1.54, 1.807) is 18.2 Å². The minimum atomic E-state index is -0.436. The van der Waals surface area contributed by atoms with E-state index >= 15 is 0 Å². The number of nitrogens with zero attached hydrogens (tertiary/aromatic N) is 4. The summed E-state index contributed by atoms with van der Waals surface area (Å²) in [6.45, 7) is 0. The Morgan fingerprint density at radius 3 is 1.78 bits per heavy atom. The first-order valence-corrected chi connectivity index (χ1v) is 16.3. The van der Waals surface area contributed by atoms with Gasteiger partial charge in [0.05, 0.1) is 29.0 Å². The van der Waals surface area contributed by atoms with Crippen LogP contribution in [0.5, 0.6) is 0 Å². The molecule has 3 aromatic heterocycles. The normalized spacial score (nSPS) is 13.0. The molecule has 234 valence electrons. The second-order valence-corrected chi connectivity index (χ2v) is 12.1. The number of para-hydroxylation sites is 2. The highest BCUT2D eigenvalue weighted by Gasteiger charge is 2.19. The van der Waals surface area contributed by atoms with E-state index in [0.29, 0.717) is 34.2 Å². The molecule has 0 fully saturated rings. The smallest absolute Gasteiger partial charge is 0.164 e. The van der Waals surface area contributed by atoms with E-state index in [1.165, 1.54) is 10.8 Å². The summed E-state index contributed by atoms with van der Waals surface area (Å²) < 4.78 is 50.4. The Balaban J connectivity index is 1.14. The molecule has 50 heavy (non-hydrogen) atoms. The molecule has 0 bridgehead atoms. The van der Waals surface area contributed by atoms with E-state index in [4.69, 9.17) is 26.2 Å². The van der Waals surface area contributed by atoms with Gasteiger partial charge in [-0.1, -0.05) is 127 Å². The zero-order chi connectivity index (χ0) is 37.4. The number of aromatic nitrogens is 4. The lowest BCUT2D eigenvalue weighted by Gasteiger charge is -2.10. The van der Waals surface area contributed by atoms with Crippen LogP contribution in [0.2, 0.25) is 0 Å². The van der Waals surface area contributed by atoms with Crippen LogP contribution in [0.15, 0.2) is 174 Å². The summed E-state index contributed by atoms with van der Waals surface area (Å²) in [4.78, 5) is 14.7. The molecule has 0 atom stereocenters. The molecule has 10 rings (SSSR count). The van der Waals surface area contributed by atoms with Gasteiger partial charge in [-0.2, -0.15) is 0 Å². The van der Waals surface area contributed by atoms with Crippen molar-refractivity contribution in [2.45, 2.75) is 0 Å². The first-order chi connectivity index (χ1) is 26.9. The van der Waals surface area contributed by atoms with Crippen LogP contribution in [0.3, 0.4) is 0 Å². The topological polar surface area (TPSA) is 56.7 Å². The maximum Gasteiger partial charge on any atom is 0.164 e. The fourth-order valence-electron chi connectivity index (χ4n) is 6.87. The number of fused-ring (bicyclic) bond motifs is 6. The van der Waals surface area contributed by atoms with E-state index in [-0.39, 0.29) is 17.6 Å². The van der Waals surface area contributed by atoms with Gasteiger partial charge in [0.15, 0.2) is 17.5 Å². The van der Waals surface area contributed by atoms with Crippen molar-refractivity contribution in [2.24, 2.45) is 0 Å². The predicted octanol–water partition coefficient (Wildman–Crippen LogP) is 11.5. The van der Waals surface area contributed by atoms with Gasteiger partial charge in [-0.25, -0.2) is 15.0 Å². The predicted molar refractivity (Wildman–Crippen MR) is 203 cm³/mol. The molecule has 0 aliphatic carbocycles. The largest absolute Gasteiger partial charge is 0.456 e. The summed E-state index contributed by atoms with van der Waals surface area (Å²) in [6.07, 6.45) is 0. The molecule has 3 heterocycles. The van der Waals surface area contributed by atoms with Gasteiger partial charge in [0.25, 0.3) is 0 Å². The van der Waals surface area contributed by atoms with Gasteiger partial charge in [0, 0.05) is 32.8 Å². The minimum absolute atomic E-state index is 0.112. The first-order valence-electron chi connectivity index (χ1n) is 18.8. The fraction of sp³-hybridized carbons (Fsp3) is 0. The van der Waals surface area contributed by atoms with Crippen LogP contribution in [0.1, 0.15) is 6.85 Å². The molecule has 0 aliphatic rings. The van der Waals surface area contributed by atoms with Gasteiger partial charge < -0.3 is 8.98 Å². The molecule has 0 radical (unpaired) electrons. The molecule has 0 spiro atoms. The van der Waals surface area contributed by atoms with Gasteiger partial charge in [0.1, 0.15) is 11.2 Å². The van der Waals surface area contributed by atoms with E-state index in [2.05, 4.69) is 65.2 Å². The molecule has 0 amide bonds. The quantitative estimate of drug-likeness (QED) is 0.187. The van der Waals surface area contributed by atoms with E-state index in [1.807, 2.05) is 60.7 Å². The van der Waals surface area contributed by atoms with Crippen LogP contribution in [0.4, 0.5) is 0 Å². The molecule has 5 heteroatoms. The molecule has 0 saturated heterocycles. The number of rotatable bonds is 5. The van der Waals surface area contributed by atoms with Crippen molar-refractivity contribution in [1.82, 2.24) is 19.5 Å².